The molecule has 0 fully saturated rings. The van der Waals surface area contributed by atoms with Crippen molar-refractivity contribution >= 4 is 27.5 Å². The number of nitrogens with zero attached hydrogens (tertiary/aromatic N) is 5. The van der Waals surface area contributed by atoms with Crippen molar-refractivity contribution in [1.29, 1.82) is 15.8 Å². The Hall–Kier alpha value is -6.87. The molecule has 0 saturated carbocycles. The largest absolute Gasteiger partial charge is 0.333 e. The molecule has 5 heteroatoms. The maximum absolute atomic E-state index is 10.6. The van der Waals surface area contributed by atoms with Crippen molar-refractivity contribution < 1.29 is 0 Å². The Morgan fingerprint density at radius 2 is 1.40 bits per heavy atom. The molecule has 50 heavy (non-hydrogen) atoms. The van der Waals surface area contributed by atoms with Crippen LogP contribution in [0.4, 0.5) is 5.69 Å². The van der Waals surface area contributed by atoms with Crippen LogP contribution in [-0.4, -0.2) is 10.6 Å². The number of para-hydroxylation sites is 2. The third-order valence-corrected chi connectivity index (χ3v) is 10.3. The molecule has 2 aliphatic carbocycles. The maximum Gasteiger partial charge on any atom is 0.0998 e. The van der Waals surface area contributed by atoms with Gasteiger partial charge in [0, 0.05) is 44.9 Å². The zero-order valence-electron chi connectivity index (χ0n) is 27.1. The van der Waals surface area contributed by atoms with Crippen molar-refractivity contribution in [3.63, 3.8) is 0 Å². The van der Waals surface area contributed by atoms with E-state index in [1.54, 1.807) is 0 Å². The van der Waals surface area contributed by atoms with Gasteiger partial charge in [0.2, 0.25) is 0 Å². The van der Waals surface area contributed by atoms with Crippen LogP contribution in [0.5, 0.6) is 0 Å². The van der Waals surface area contributed by atoms with Gasteiger partial charge < -0.3 is 9.47 Å². The van der Waals surface area contributed by atoms with Gasteiger partial charge in [0.15, 0.2) is 0 Å². The van der Waals surface area contributed by atoms with Crippen LogP contribution in [0.3, 0.4) is 0 Å². The van der Waals surface area contributed by atoms with Gasteiger partial charge in [-0.25, -0.2) is 0 Å². The summed E-state index contributed by atoms with van der Waals surface area (Å²) in [6.45, 7) is 0. The number of aromatic nitrogens is 1. The van der Waals surface area contributed by atoms with Crippen molar-refractivity contribution in [2.24, 2.45) is 5.92 Å². The lowest BCUT2D eigenvalue weighted by molar-refractivity contribution is 0.658. The van der Waals surface area contributed by atoms with Crippen molar-refractivity contribution in [1.82, 2.24) is 4.57 Å². The zero-order valence-corrected chi connectivity index (χ0v) is 27.1. The van der Waals surface area contributed by atoms with E-state index in [0.29, 0.717) is 28.2 Å². The molecule has 0 N–H and O–H groups in total. The van der Waals surface area contributed by atoms with Crippen LogP contribution in [0.1, 0.15) is 29.5 Å². The van der Waals surface area contributed by atoms with E-state index >= 15 is 0 Å². The number of benzene rings is 5. The highest BCUT2D eigenvalue weighted by Crippen LogP contribution is 2.48. The van der Waals surface area contributed by atoms with Crippen molar-refractivity contribution in [2.75, 3.05) is 4.90 Å². The average molecular weight is 640 g/mol. The van der Waals surface area contributed by atoms with E-state index < -0.39 is 0 Å². The van der Waals surface area contributed by atoms with E-state index in [9.17, 15) is 15.8 Å². The fourth-order valence-corrected chi connectivity index (χ4v) is 8.15. The highest BCUT2D eigenvalue weighted by Gasteiger charge is 2.39. The molecule has 9 rings (SSSR count). The average Bonchev–Trinajstić information content (AvgIpc) is 3.70. The molecule has 0 spiro atoms. The molecule has 1 aliphatic heterocycles. The number of nitriles is 3. The normalized spacial score (nSPS) is 17.4. The Kier molecular flexibility index (Phi) is 6.84. The highest BCUT2D eigenvalue weighted by atomic mass is 15.2. The predicted molar refractivity (Wildman–Crippen MR) is 199 cm³/mol. The predicted octanol–water partition coefficient (Wildman–Crippen LogP) is 10.3. The van der Waals surface area contributed by atoms with Crippen LogP contribution in [0.2, 0.25) is 0 Å². The SMILES string of the molecule is N#Cc1ccc2c(c1)c1ccccc1n2-c1ccc(-c2cc(C#N)c(-c3ccccc3N3C4=C(CCC=C4)C4C=CC=CC43)c(C#N)c2)cc1. The zero-order chi connectivity index (χ0) is 33.8. The molecule has 1 aromatic heterocycles. The van der Waals surface area contributed by atoms with Gasteiger partial charge in [0.05, 0.1) is 52.0 Å². The minimum atomic E-state index is 0.144. The van der Waals surface area contributed by atoms with Crippen LogP contribution in [0.15, 0.2) is 151 Å². The number of fused-ring (bicyclic) bond motifs is 5. The number of hydrogen-bond donors (Lipinski definition) is 0. The third-order valence-electron chi connectivity index (χ3n) is 10.3. The molecule has 5 nitrogen and oxygen atoms in total. The van der Waals surface area contributed by atoms with Crippen LogP contribution in [0.25, 0.3) is 49.7 Å². The molecule has 0 amide bonds. The lowest BCUT2D eigenvalue weighted by Gasteiger charge is -2.32. The minimum Gasteiger partial charge on any atom is -0.333 e. The first-order chi connectivity index (χ1) is 24.7. The topological polar surface area (TPSA) is 79.5 Å². The number of rotatable bonds is 4. The summed E-state index contributed by atoms with van der Waals surface area (Å²) in [5, 5.41) is 32.8. The van der Waals surface area contributed by atoms with Crippen LogP contribution in [-0.2, 0) is 0 Å². The standard InChI is InChI=1S/C45H29N5/c46-26-29-17-22-44-39(23-29)37-11-3-5-13-40(37)49(44)34-20-18-30(19-21-34)31-24-32(27-47)45(33(25-31)28-48)38-12-4-8-16-43(38)50-41-14-6-1-9-35(41)36-10-2-7-15-42(36)50/h1,3-9,11-25,35,41H,2,10H2. The van der Waals surface area contributed by atoms with E-state index in [2.05, 4.69) is 94.5 Å². The molecule has 2 atom stereocenters. The number of allylic oxidation sites excluding steroid dienone is 4. The summed E-state index contributed by atoms with van der Waals surface area (Å²) < 4.78 is 2.21. The minimum absolute atomic E-state index is 0.144. The van der Waals surface area contributed by atoms with Crippen molar-refractivity contribution in [3.8, 4) is 46.1 Å². The highest BCUT2D eigenvalue weighted by molar-refractivity contribution is 6.09. The Balaban J connectivity index is 1.14. The van der Waals surface area contributed by atoms with Crippen LogP contribution in [0, 0.1) is 39.9 Å². The van der Waals surface area contributed by atoms with Gasteiger partial charge in [0.25, 0.3) is 0 Å². The molecular formula is C45H29N5. The van der Waals surface area contributed by atoms with Crippen molar-refractivity contribution in [3.05, 3.63) is 168 Å². The van der Waals surface area contributed by atoms with Gasteiger partial charge in [-0.1, -0.05) is 78.9 Å². The Morgan fingerprint density at radius 1 is 0.660 bits per heavy atom. The molecule has 234 valence electrons. The monoisotopic (exact) mass is 639 g/mol. The van der Waals surface area contributed by atoms with E-state index in [4.69, 9.17) is 0 Å². The molecule has 0 bridgehead atoms. The maximum atomic E-state index is 10.6. The summed E-state index contributed by atoms with van der Waals surface area (Å²) in [6.07, 6.45) is 15.4. The third kappa shape index (κ3) is 4.44. The van der Waals surface area contributed by atoms with Gasteiger partial charge in [-0.3, -0.25) is 0 Å². The molecule has 5 aromatic carbocycles. The quantitative estimate of drug-likeness (QED) is 0.192. The Labute approximate surface area is 290 Å². The lowest BCUT2D eigenvalue weighted by Crippen LogP contribution is -2.32. The van der Waals surface area contributed by atoms with E-state index in [1.165, 1.54) is 11.3 Å². The van der Waals surface area contributed by atoms with E-state index in [-0.39, 0.29) is 6.04 Å². The fourth-order valence-electron chi connectivity index (χ4n) is 8.15. The second kappa shape index (κ2) is 11.7. The molecule has 0 saturated heterocycles. The molecule has 3 aliphatic rings. The lowest BCUT2D eigenvalue weighted by atomic mass is 9.87. The van der Waals surface area contributed by atoms with Crippen LogP contribution < -0.4 is 4.90 Å². The molecule has 6 aromatic rings. The van der Waals surface area contributed by atoms with Gasteiger partial charge in [-0.05, 0) is 90.2 Å². The van der Waals surface area contributed by atoms with E-state index in [0.717, 1.165) is 62.7 Å². The summed E-state index contributed by atoms with van der Waals surface area (Å²) in [5.74, 6) is 0.307. The molecule has 2 unspecified atom stereocenters. The van der Waals surface area contributed by atoms with Gasteiger partial charge in [-0.15, -0.1) is 0 Å². The smallest absolute Gasteiger partial charge is 0.0998 e. The fraction of sp³-hybridized carbons (Fsp3) is 0.0889. The summed E-state index contributed by atoms with van der Waals surface area (Å²) in [4.78, 5) is 2.40. The van der Waals surface area contributed by atoms with E-state index in [1.807, 2.05) is 72.8 Å². The van der Waals surface area contributed by atoms with Gasteiger partial charge in [0.1, 0.15) is 0 Å². The summed E-state index contributed by atoms with van der Waals surface area (Å²) >= 11 is 0. The number of hydrogen-bond acceptors (Lipinski definition) is 4. The van der Waals surface area contributed by atoms with Gasteiger partial charge >= 0.3 is 0 Å². The Morgan fingerprint density at radius 3 is 2.20 bits per heavy atom. The first kappa shape index (κ1) is 29.3. The second-order valence-corrected chi connectivity index (χ2v) is 12.9. The molecular weight excluding hydrogens is 611 g/mol. The Bertz CT molecular complexity index is 2610. The van der Waals surface area contributed by atoms with Gasteiger partial charge in [-0.2, -0.15) is 15.8 Å². The second-order valence-electron chi connectivity index (χ2n) is 12.9. The molecule has 0 radical (unpaired) electrons. The summed E-state index contributed by atoms with van der Waals surface area (Å²) in [7, 11) is 0. The first-order valence-electron chi connectivity index (χ1n) is 16.8. The summed E-state index contributed by atoms with van der Waals surface area (Å²) in [5.41, 5.74) is 11.6. The number of anilines is 1. The van der Waals surface area contributed by atoms with Crippen molar-refractivity contribution in [2.45, 2.75) is 18.9 Å². The summed E-state index contributed by atoms with van der Waals surface area (Å²) in [6, 6.07) is 41.5. The first-order valence-corrected chi connectivity index (χ1v) is 16.8. The molecule has 2 heterocycles. The van der Waals surface area contributed by atoms with Crippen LogP contribution >= 0.6 is 0 Å².